The molecule has 3 aromatic rings. The van der Waals surface area contributed by atoms with E-state index in [9.17, 15) is 9.18 Å². The first-order valence-corrected chi connectivity index (χ1v) is 8.43. The summed E-state index contributed by atoms with van der Waals surface area (Å²) in [6.07, 6.45) is 0. The summed E-state index contributed by atoms with van der Waals surface area (Å²) in [7, 11) is 0. The Morgan fingerprint density at radius 1 is 1.16 bits per heavy atom. The van der Waals surface area contributed by atoms with Gasteiger partial charge in [0.2, 0.25) is 0 Å². The Morgan fingerprint density at radius 2 is 1.88 bits per heavy atom. The van der Waals surface area contributed by atoms with Crippen molar-refractivity contribution in [3.05, 3.63) is 81.7 Å². The molecule has 0 spiro atoms. The lowest BCUT2D eigenvalue weighted by atomic mass is 9.96. The monoisotopic (exact) mass is 339 g/mol. The second kappa shape index (κ2) is 7.15. The van der Waals surface area contributed by atoms with Gasteiger partial charge < -0.3 is 5.32 Å². The van der Waals surface area contributed by atoms with E-state index in [1.165, 1.54) is 12.1 Å². The molecule has 0 unspecified atom stereocenters. The fraction of sp³-hybridized carbons (Fsp3) is 0.300. The summed E-state index contributed by atoms with van der Waals surface area (Å²) in [6, 6.07) is 13.7. The summed E-state index contributed by atoms with van der Waals surface area (Å²) >= 11 is 0. The van der Waals surface area contributed by atoms with E-state index in [1.807, 2.05) is 25.1 Å². The van der Waals surface area contributed by atoms with Crippen molar-refractivity contribution in [2.45, 2.75) is 33.4 Å². The molecule has 2 heterocycles. The molecule has 0 aliphatic rings. The molecule has 0 amide bonds. The lowest BCUT2D eigenvalue weighted by Gasteiger charge is -2.23. The molecule has 5 heteroatoms. The highest BCUT2D eigenvalue weighted by Gasteiger charge is 2.16. The third-order valence-electron chi connectivity index (χ3n) is 4.33. The quantitative estimate of drug-likeness (QED) is 0.772. The summed E-state index contributed by atoms with van der Waals surface area (Å²) < 4.78 is 14.8. The van der Waals surface area contributed by atoms with Crippen molar-refractivity contribution in [3.8, 4) is 0 Å². The number of halogens is 1. The molecule has 2 aromatic heterocycles. The van der Waals surface area contributed by atoms with E-state index in [4.69, 9.17) is 0 Å². The molecule has 130 valence electrons. The number of pyridine rings is 1. The van der Waals surface area contributed by atoms with Gasteiger partial charge in [0.05, 0.1) is 5.69 Å². The standard InChI is InChI=1S/C20H22FN3O/c1-13(2)20(15-7-9-16(21)10-8-15)22-12-17-11-19(25)24-14(3)5-4-6-18(24)23-17/h4-11,13,20,22H,12H2,1-3H3/t20-/m0/s1. The van der Waals surface area contributed by atoms with Gasteiger partial charge in [-0.2, -0.15) is 0 Å². The molecule has 1 N–H and O–H groups in total. The Kier molecular flexibility index (Phi) is 4.95. The number of benzene rings is 1. The Hall–Kier alpha value is -2.53. The first-order chi connectivity index (χ1) is 12.0. The maximum Gasteiger partial charge on any atom is 0.258 e. The number of fused-ring (bicyclic) bond motifs is 1. The second-order valence-electron chi connectivity index (χ2n) is 6.60. The van der Waals surface area contributed by atoms with E-state index in [1.54, 1.807) is 22.6 Å². The van der Waals surface area contributed by atoms with E-state index >= 15 is 0 Å². The number of aryl methyl sites for hydroxylation is 1. The zero-order valence-corrected chi connectivity index (χ0v) is 14.7. The lowest BCUT2D eigenvalue weighted by Crippen LogP contribution is -2.27. The van der Waals surface area contributed by atoms with Crippen molar-refractivity contribution in [1.29, 1.82) is 0 Å². The lowest BCUT2D eigenvalue weighted by molar-refractivity contribution is 0.408. The average Bonchev–Trinajstić information content (AvgIpc) is 2.56. The Labute approximate surface area is 146 Å². The first kappa shape index (κ1) is 17.3. The van der Waals surface area contributed by atoms with Crippen molar-refractivity contribution in [3.63, 3.8) is 0 Å². The summed E-state index contributed by atoms with van der Waals surface area (Å²) in [5, 5.41) is 3.44. The summed E-state index contributed by atoms with van der Waals surface area (Å²) in [4.78, 5) is 16.9. The zero-order valence-electron chi connectivity index (χ0n) is 14.7. The molecule has 25 heavy (non-hydrogen) atoms. The molecule has 0 radical (unpaired) electrons. The van der Waals surface area contributed by atoms with Gasteiger partial charge in [0, 0.05) is 24.3 Å². The van der Waals surface area contributed by atoms with Crippen LogP contribution >= 0.6 is 0 Å². The molecular weight excluding hydrogens is 317 g/mol. The largest absolute Gasteiger partial charge is 0.304 e. The van der Waals surface area contributed by atoms with Crippen molar-refractivity contribution < 1.29 is 4.39 Å². The van der Waals surface area contributed by atoms with Gasteiger partial charge in [-0.05, 0) is 42.7 Å². The van der Waals surface area contributed by atoms with Crippen LogP contribution in [0.1, 0.15) is 36.8 Å². The van der Waals surface area contributed by atoms with Gasteiger partial charge >= 0.3 is 0 Å². The second-order valence-corrected chi connectivity index (χ2v) is 6.60. The molecule has 0 saturated carbocycles. The normalized spacial score (nSPS) is 12.7. The fourth-order valence-corrected chi connectivity index (χ4v) is 3.08. The van der Waals surface area contributed by atoms with Gasteiger partial charge in [0.1, 0.15) is 11.5 Å². The van der Waals surface area contributed by atoms with E-state index in [2.05, 4.69) is 24.1 Å². The third-order valence-corrected chi connectivity index (χ3v) is 4.33. The van der Waals surface area contributed by atoms with Crippen LogP contribution in [0.2, 0.25) is 0 Å². The molecule has 0 saturated heterocycles. The highest BCUT2D eigenvalue weighted by atomic mass is 19.1. The molecular formula is C20H22FN3O. The maximum atomic E-state index is 13.2. The van der Waals surface area contributed by atoms with Crippen LogP contribution in [-0.2, 0) is 6.54 Å². The van der Waals surface area contributed by atoms with E-state index in [-0.39, 0.29) is 17.4 Å². The number of hydrogen-bond donors (Lipinski definition) is 1. The molecule has 3 rings (SSSR count). The van der Waals surface area contributed by atoms with Gasteiger partial charge in [0.15, 0.2) is 0 Å². The summed E-state index contributed by atoms with van der Waals surface area (Å²) in [5.74, 6) is 0.0695. The van der Waals surface area contributed by atoms with Crippen LogP contribution in [0.4, 0.5) is 4.39 Å². The predicted octanol–water partition coefficient (Wildman–Crippen LogP) is 3.63. The Bertz CT molecular complexity index is 932. The van der Waals surface area contributed by atoms with Crippen LogP contribution in [-0.4, -0.2) is 9.38 Å². The molecule has 0 aliphatic carbocycles. The van der Waals surface area contributed by atoms with Crippen LogP contribution in [0.25, 0.3) is 5.65 Å². The first-order valence-electron chi connectivity index (χ1n) is 8.43. The van der Waals surface area contributed by atoms with Crippen molar-refractivity contribution in [2.75, 3.05) is 0 Å². The van der Waals surface area contributed by atoms with Crippen molar-refractivity contribution >= 4 is 5.65 Å². The number of hydrogen-bond acceptors (Lipinski definition) is 3. The zero-order chi connectivity index (χ0) is 18.0. The topological polar surface area (TPSA) is 46.4 Å². The number of rotatable bonds is 5. The molecule has 1 aromatic carbocycles. The van der Waals surface area contributed by atoms with Crippen LogP contribution < -0.4 is 10.9 Å². The van der Waals surface area contributed by atoms with E-state index in [0.717, 1.165) is 11.3 Å². The summed E-state index contributed by atoms with van der Waals surface area (Å²) in [5.41, 5.74) is 3.14. The highest BCUT2D eigenvalue weighted by Crippen LogP contribution is 2.22. The van der Waals surface area contributed by atoms with Gasteiger partial charge in [-0.25, -0.2) is 9.37 Å². The maximum absolute atomic E-state index is 13.2. The third kappa shape index (κ3) is 3.77. The van der Waals surface area contributed by atoms with Crippen LogP contribution in [0.15, 0.2) is 53.3 Å². The van der Waals surface area contributed by atoms with Crippen LogP contribution in [0, 0.1) is 18.7 Å². The minimum atomic E-state index is -0.245. The summed E-state index contributed by atoms with van der Waals surface area (Å²) in [6.45, 7) is 6.57. The number of nitrogens with zero attached hydrogens (tertiary/aromatic N) is 2. The van der Waals surface area contributed by atoms with Crippen LogP contribution in [0.5, 0.6) is 0 Å². The van der Waals surface area contributed by atoms with Gasteiger partial charge in [0.25, 0.3) is 5.56 Å². The minimum Gasteiger partial charge on any atom is -0.304 e. The molecule has 0 fully saturated rings. The van der Waals surface area contributed by atoms with Gasteiger partial charge in [-0.1, -0.05) is 32.0 Å². The Balaban J connectivity index is 1.85. The molecule has 1 atom stereocenters. The molecule has 4 nitrogen and oxygen atoms in total. The van der Waals surface area contributed by atoms with Crippen molar-refractivity contribution in [2.24, 2.45) is 5.92 Å². The predicted molar refractivity (Wildman–Crippen MR) is 97.0 cm³/mol. The molecule has 0 bridgehead atoms. The van der Waals surface area contributed by atoms with Gasteiger partial charge in [-0.3, -0.25) is 9.20 Å². The highest BCUT2D eigenvalue weighted by molar-refractivity contribution is 5.40. The average molecular weight is 339 g/mol. The smallest absolute Gasteiger partial charge is 0.258 e. The fourth-order valence-electron chi connectivity index (χ4n) is 3.08. The van der Waals surface area contributed by atoms with Crippen molar-refractivity contribution in [1.82, 2.24) is 14.7 Å². The SMILES string of the molecule is Cc1cccc2nc(CN[C@H](c3ccc(F)cc3)C(C)C)cc(=O)n12. The van der Waals surface area contributed by atoms with Crippen LogP contribution in [0.3, 0.4) is 0 Å². The number of nitrogens with one attached hydrogen (secondary N) is 1. The minimum absolute atomic E-state index is 0.0540. The van der Waals surface area contributed by atoms with Gasteiger partial charge in [-0.15, -0.1) is 0 Å². The molecule has 0 aliphatic heterocycles. The van der Waals surface area contributed by atoms with E-state index in [0.29, 0.717) is 23.8 Å². The Morgan fingerprint density at radius 3 is 2.56 bits per heavy atom. The van der Waals surface area contributed by atoms with E-state index < -0.39 is 0 Å². The number of aromatic nitrogens is 2.